The van der Waals surface area contributed by atoms with Gasteiger partial charge in [-0.2, -0.15) is 0 Å². The van der Waals surface area contributed by atoms with Gasteiger partial charge >= 0.3 is 5.97 Å². The van der Waals surface area contributed by atoms with Crippen molar-refractivity contribution in [1.29, 1.82) is 0 Å². The van der Waals surface area contributed by atoms with Crippen LogP contribution in [0, 0.1) is 0 Å². The fraction of sp³-hybridized carbons (Fsp3) is 0.294. The molecule has 3 rings (SSSR count). The standard InChI is InChI=1S/C17H17NO6/c19-16(20)10-24-14-6-5-13(11-3-1-2-4-12(11)14)18-17(21)15-9-22-7-8-23-15/h1-6,15H,7-10H2,(H,18,21)(H,19,20)/t15-/m1/s1. The second-order valence-corrected chi connectivity index (χ2v) is 5.26. The lowest BCUT2D eigenvalue weighted by Crippen LogP contribution is -2.39. The van der Waals surface area contributed by atoms with Gasteiger partial charge in [0.25, 0.3) is 5.91 Å². The number of anilines is 1. The van der Waals surface area contributed by atoms with Crippen molar-refractivity contribution >= 4 is 28.3 Å². The lowest BCUT2D eigenvalue weighted by Gasteiger charge is -2.22. The largest absolute Gasteiger partial charge is 0.481 e. The van der Waals surface area contributed by atoms with E-state index >= 15 is 0 Å². The molecule has 0 aliphatic carbocycles. The van der Waals surface area contributed by atoms with Crippen molar-refractivity contribution in [2.75, 3.05) is 31.7 Å². The molecule has 1 atom stereocenters. The summed E-state index contributed by atoms with van der Waals surface area (Å²) in [5, 5.41) is 13.1. The summed E-state index contributed by atoms with van der Waals surface area (Å²) < 4.78 is 15.9. The van der Waals surface area contributed by atoms with Crippen LogP contribution >= 0.6 is 0 Å². The van der Waals surface area contributed by atoms with Gasteiger partial charge in [0.05, 0.1) is 19.8 Å². The Morgan fingerprint density at radius 2 is 1.96 bits per heavy atom. The molecule has 1 amide bonds. The highest BCUT2D eigenvalue weighted by Gasteiger charge is 2.23. The van der Waals surface area contributed by atoms with E-state index in [0.717, 1.165) is 10.8 Å². The van der Waals surface area contributed by atoms with Gasteiger partial charge in [-0.05, 0) is 12.1 Å². The fourth-order valence-electron chi connectivity index (χ4n) is 2.50. The van der Waals surface area contributed by atoms with Gasteiger partial charge in [0, 0.05) is 16.5 Å². The highest BCUT2D eigenvalue weighted by Crippen LogP contribution is 2.31. The molecule has 0 unspecified atom stereocenters. The summed E-state index contributed by atoms with van der Waals surface area (Å²) in [4.78, 5) is 23.0. The molecule has 1 fully saturated rings. The maximum atomic E-state index is 12.3. The Labute approximate surface area is 138 Å². The number of carboxylic acids is 1. The summed E-state index contributed by atoms with van der Waals surface area (Å²) in [5.41, 5.74) is 0.604. The first-order chi connectivity index (χ1) is 11.6. The van der Waals surface area contributed by atoms with E-state index in [4.69, 9.17) is 19.3 Å². The second-order valence-electron chi connectivity index (χ2n) is 5.26. The van der Waals surface area contributed by atoms with Crippen molar-refractivity contribution < 1.29 is 28.9 Å². The van der Waals surface area contributed by atoms with Crippen LogP contribution in [-0.4, -0.2) is 49.5 Å². The number of carbonyl (C=O) groups is 2. The summed E-state index contributed by atoms with van der Waals surface area (Å²) in [6.45, 7) is 0.676. The molecule has 0 aromatic heterocycles. The third-order valence-electron chi connectivity index (χ3n) is 3.60. The smallest absolute Gasteiger partial charge is 0.341 e. The van der Waals surface area contributed by atoms with Crippen LogP contribution in [0.15, 0.2) is 36.4 Å². The summed E-state index contributed by atoms with van der Waals surface area (Å²) in [6.07, 6.45) is -0.638. The van der Waals surface area contributed by atoms with Crippen LogP contribution in [0.4, 0.5) is 5.69 Å². The molecule has 1 aliphatic rings. The van der Waals surface area contributed by atoms with E-state index in [9.17, 15) is 9.59 Å². The monoisotopic (exact) mass is 331 g/mol. The van der Waals surface area contributed by atoms with Crippen molar-refractivity contribution in [2.45, 2.75) is 6.10 Å². The minimum Gasteiger partial charge on any atom is -0.481 e. The maximum absolute atomic E-state index is 12.3. The molecule has 7 heteroatoms. The number of carboxylic acid groups (broad SMARTS) is 1. The predicted molar refractivity (Wildman–Crippen MR) is 86.3 cm³/mol. The Hall–Kier alpha value is -2.64. The lowest BCUT2D eigenvalue weighted by molar-refractivity contribution is -0.142. The van der Waals surface area contributed by atoms with Crippen molar-refractivity contribution in [3.05, 3.63) is 36.4 Å². The van der Waals surface area contributed by atoms with Crippen LogP contribution in [0.5, 0.6) is 5.75 Å². The van der Waals surface area contributed by atoms with E-state index in [1.54, 1.807) is 12.1 Å². The molecule has 2 aromatic carbocycles. The minimum atomic E-state index is -1.05. The molecule has 1 heterocycles. The second kappa shape index (κ2) is 7.29. The third kappa shape index (κ3) is 3.64. The summed E-state index contributed by atoms with van der Waals surface area (Å²) >= 11 is 0. The van der Waals surface area contributed by atoms with Crippen molar-refractivity contribution in [2.24, 2.45) is 0 Å². The zero-order valence-corrected chi connectivity index (χ0v) is 12.9. The number of hydrogen-bond donors (Lipinski definition) is 2. The molecule has 0 spiro atoms. The Bertz CT molecular complexity index is 754. The van der Waals surface area contributed by atoms with E-state index in [-0.39, 0.29) is 12.5 Å². The normalized spacial score (nSPS) is 17.4. The van der Waals surface area contributed by atoms with Gasteiger partial charge in [-0.15, -0.1) is 0 Å². The number of amides is 1. The lowest BCUT2D eigenvalue weighted by atomic mass is 10.1. The van der Waals surface area contributed by atoms with Crippen LogP contribution < -0.4 is 10.1 Å². The number of fused-ring (bicyclic) bond motifs is 1. The van der Waals surface area contributed by atoms with Gasteiger partial charge in [0.2, 0.25) is 0 Å². The first kappa shape index (κ1) is 16.2. The van der Waals surface area contributed by atoms with Gasteiger partial charge in [-0.25, -0.2) is 4.79 Å². The Morgan fingerprint density at radius 1 is 1.17 bits per heavy atom. The molecule has 0 radical (unpaired) electrons. The topological polar surface area (TPSA) is 94.1 Å². The first-order valence-corrected chi connectivity index (χ1v) is 7.51. The Kier molecular flexibility index (Phi) is 4.93. The van der Waals surface area contributed by atoms with Crippen LogP contribution in [0.1, 0.15) is 0 Å². The number of ether oxygens (including phenoxy) is 3. The van der Waals surface area contributed by atoms with Crippen LogP contribution in [0.2, 0.25) is 0 Å². The molecule has 2 aromatic rings. The molecule has 0 saturated carbocycles. The fourth-order valence-corrected chi connectivity index (χ4v) is 2.50. The van der Waals surface area contributed by atoms with Gasteiger partial charge < -0.3 is 24.6 Å². The zero-order chi connectivity index (χ0) is 16.9. The predicted octanol–water partition coefficient (Wildman–Crippen LogP) is 1.66. The number of aliphatic carboxylic acids is 1. The summed E-state index contributed by atoms with van der Waals surface area (Å²) in [6, 6.07) is 10.6. The average molecular weight is 331 g/mol. The molecule has 1 saturated heterocycles. The number of hydrogen-bond acceptors (Lipinski definition) is 5. The molecule has 2 N–H and O–H groups in total. The summed E-state index contributed by atoms with van der Waals surface area (Å²) in [5.74, 6) is -0.881. The number of rotatable bonds is 5. The quantitative estimate of drug-likeness (QED) is 0.865. The zero-order valence-electron chi connectivity index (χ0n) is 12.9. The highest BCUT2D eigenvalue weighted by atomic mass is 16.6. The van der Waals surface area contributed by atoms with E-state index in [1.165, 1.54) is 0 Å². The Morgan fingerprint density at radius 3 is 2.67 bits per heavy atom. The molecule has 7 nitrogen and oxygen atoms in total. The van der Waals surface area contributed by atoms with Gasteiger partial charge in [-0.1, -0.05) is 24.3 Å². The molecule has 24 heavy (non-hydrogen) atoms. The van der Waals surface area contributed by atoms with E-state index < -0.39 is 18.7 Å². The van der Waals surface area contributed by atoms with Gasteiger partial charge in [0.1, 0.15) is 5.75 Å². The van der Waals surface area contributed by atoms with Crippen molar-refractivity contribution in [3.8, 4) is 5.75 Å². The van der Waals surface area contributed by atoms with Crippen LogP contribution in [0.25, 0.3) is 10.8 Å². The number of nitrogens with one attached hydrogen (secondary N) is 1. The molecular formula is C17H17NO6. The molecule has 0 bridgehead atoms. The first-order valence-electron chi connectivity index (χ1n) is 7.51. The molecular weight excluding hydrogens is 314 g/mol. The van der Waals surface area contributed by atoms with Gasteiger partial charge in [0.15, 0.2) is 12.7 Å². The minimum absolute atomic E-state index is 0.226. The van der Waals surface area contributed by atoms with E-state index in [2.05, 4.69) is 5.32 Å². The molecule has 1 aliphatic heterocycles. The van der Waals surface area contributed by atoms with E-state index in [0.29, 0.717) is 24.7 Å². The van der Waals surface area contributed by atoms with Gasteiger partial charge in [-0.3, -0.25) is 4.79 Å². The van der Waals surface area contributed by atoms with Crippen LogP contribution in [-0.2, 0) is 19.1 Å². The molecule has 126 valence electrons. The third-order valence-corrected chi connectivity index (χ3v) is 3.60. The maximum Gasteiger partial charge on any atom is 0.341 e. The van der Waals surface area contributed by atoms with E-state index in [1.807, 2.05) is 24.3 Å². The number of carbonyl (C=O) groups excluding carboxylic acids is 1. The van der Waals surface area contributed by atoms with Crippen molar-refractivity contribution in [3.63, 3.8) is 0 Å². The average Bonchev–Trinajstić information content (AvgIpc) is 2.61. The Balaban J connectivity index is 1.84. The van der Waals surface area contributed by atoms with Crippen LogP contribution in [0.3, 0.4) is 0 Å². The summed E-state index contributed by atoms with van der Waals surface area (Å²) in [7, 11) is 0. The van der Waals surface area contributed by atoms with Crippen molar-refractivity contribution in [1.82, 2.24) is 0 Å². The SMILES string of the molecule is O=C(O)COc1ccc(NC(=O)[C@H]2COCCO2)c2ccccc12. The highest BCUT2D eigenvalue weighted by molar-refractivity contribution is 6.05. The number of benzene rings is 2.